The summed E-state index contributed by atoms with van der Waals surface area (Å²) in [5, 5.41) is 6.74. The van der Waals surface area contributed by atoms with Gasteiger partial charge in [0.15, 0.2) is 0 Å². The van der Waals surface area contributed by atoms with Crippen LogP contribution in [0.15, 0.2) is 28.1 Å². The molecule has 13 heavy (non-hydrogen) atoms. The van der Waals surface area contributed by atoms with Gasteiger partial charge in [-0.15, -0.1) is 11.3 Å². The highest BCUT2D eigenvalue weighted by molar-refractivity contribution is 9.10. The van der Waals surface area contributed by atoms with Crippen molar-refractivity contribution >= 4 is 37.4 Å². The van der Waals surface area contributed by atoms with Crippen LogP contribution in [0.3, 0.4) is 0 Å². The highest BCUT2D eigenvalue weighted by Crippen LogP contribution is 2.28. The van der Waals surface area contributed by atoms with Crippen LogP contribution in [-0.2, 0) is 6.54 Å². The van der Waals surface area contributed by atoms with E-state index in [-0.39, 0.29) is 0 Å². The minimum atomic E-state index is 0.941. The zero-order valence-electron chi connectivity index (χ0n) is 7.30. The second-order valence-electron chi connectivity index (χ2n) is 2.93. The first-order valence-electron chi connectivity index (χ1n) is 4.11. The third-order valence-electron chi connectivity index (χ3n) is 1.98. The van der Waals surface area contributed by atoms with E-state index < -0.39 is 0 Å². The topological polar surface area (TPSA) is 12.0 Å². The van der Waals surface area contributed by atoms with E-state index in [9.17, 15) is 0 Å². The van der Waals surface area contributed by atoms with Gasteiger partial charge in [0, 0.05) is 15.7 Å². The van der Waals surface area contributed by atoms with Crippen LogP contribution in [0.2, 0.25) is 0 Å². The van der Waals surface area contributed by atoms with Crippen LogP contribution in [0.1, 0.15) is 5.56 Å². The summed E-state index contributed by atoms with van der Waals surface area (Å²) >= 11 is 5.29. The largest absolute Gasteiger partial charge is 0.316 e. The van der Waals surface area contributed by atoms with Crippen LogP contribution in [-0.4, -0.2) is 7.05 Å². The number of rotatable bonds is 2. The Morgan fingerprint density at radius 3 is 3.08 bits per heavy atom. The zero-order valence-corrected chi connectivity index (χ0v) is 9.71. The molecule has 2 aromatic rings. The molecule has 0 saturated carbocycles. The molecular weight excluding hydrogens is 246 g/mol. The summed E-state index contributed by atoms with van der Waals surface area (Å²) in [6, 6.07) is 6.42. The lowest BCUT2D eigenvalue weighted by Gasteiger charge is -1.97. The average molecular weight is 256 g/mol. The molecule has 1 aromatic heterocycles. The maximum absolute atomic E-state index is 3.49. The maximum atomic E-state index is 3.49. The quantitative estimate of drug-likeness (QED) is 0.868. The molecule has 0 aliphatic rings. The van der Waals surface area contributed by atoms with Crippen molar-refractivity contribution in [2.45, 2.75) is 6.54 Å². The molecule has 0 fully saturated rings. The third kappa shape index (κ3) is 1.77. The van der Waals surface area contributed by atoms with Gasteiger partial charge in [-0.2, -0.15) is 0 Å². The molecule has 68 valence electrons. The highest BCUT2D eigenvalue weighted by atomic mass is 79.9. The van der Waals surface area contributed by atoms with E-state index in [1.54, 1.807) is 11.3 Å². The van der Waals surface area contributed by atoms with E-state index in [0.717, 1.165) is 11.0 Å². The number of halogens is 1. The normalized spacial score (nSPS) is 10.9. The van der Waals surface area contributed by atoms with Crippen molar-refractivity contribution in [2.75, 3.05) is 7.05 Å². The van der Waals surface area contributed by atoms with Gasteiger partial charge in [-0.1, -0.05) is 15.9 Å². The molecule has 3 heteroatoms. The fourth-order valence-electron chi connectivity index (χ4n) is 1.38. The predicted molar refractivity (Wildman–Crippen MR) is 62.3 cm³/mol. The maximum Gasteiger partial charge on any atom is 0.0346 e. The van der Waals surface area contributed by atoms with Gasteiger partial charge in [0.25, 0.3) is 0 Å². The van der Waals surface area contributed by atoms with E-state index in [1.807, 2.05) is 7.05 Å². The van der Waals surface area contributed by atoms with Crippen molar-refractivity contribution in [1.82, 2.24) is 5.32 Å². The van der Waals surface area contributed by atoms with E-state index >= 15 is 0 Å². The molecule has 1 N–H and O–H groups in total. The van der Waals surface area contributed by atoms with Gasteiger partial charge < -0.3 is 5.32 Å². The molecule has 2 rings (SSSR count). The Morgan fingerprint density at radius 1 is 1.46 bits per heavy atom. The fourth-order valence-corrected chi connectivity index (χ4v) is 2.69. The number of hydrogen-bond donors (Lipinski definition) is 1. The van der Waals surface area contributed by atoms with Crippen LogP contribution in [0.5, 0.6) is 0 Å². The van der Waals surface area contributed by atoms with Gasteiger partial charge in [0.1, 0.15) is 0 Å². The van der Waals surface area contributed by atoms with Crippen molar-refractivity contribution in [2.24, 2.45) is 0 Å². The summed E-state index contributed by atoms with van der Waals surface area (Å²) in [4.78, 5) is 0. The Kier molecular flexibility index (Phi) is 2.67. The van der Waals surface area contributed by atoms with Crippen LogP contribution >= 0.6 is 27.3 Å². The lowest BCUT2D eigenvalue weighted by molar-refractivity contribution is 0.826. The Labute approximate surface area is 89.9 Å². The molecule has 0 radical (unpaired) electrons. The Bertz CT molecular complexity index is 422. The Balaban J connectivity index is 2.58. The Hall–Kier alpha value is -0.380. The van der Waals surface area contributed by atoms with Crippen LogP contribution < -0.4 is 5.32 Å². The van der Waals surface area contributed by atoms with Crippen molar-refractivity contribution in [3.8, 4) is 0 Å². The number of benzene rings is 1. The van der Waals surface area contributed by atoms with Crippen molar-refractivity contribution in [1.29, 1.82) is 0 Å². The van der Waals surface area contributed by atoms with Crippen LogP contribution in [0.25, 0.3) is 10.1 Å². The summed E-state index contributed by atoms with van der Waals surface area (Å²) < 4.78 is 2.50. The second-order valence-corrected chi connectivity index (χ2v) is 4.76. The van der Waals surface area contributed by atoms with Gasteiger partial charge in [-0.3, -0.25) is 0 Å². The van der Waals surface area contributed by atoms with E-state index in [4.69, 9.17) is 0 Å². The third-order valence-corrected chi connectivity index (χ3v) is 3.49. The molecule has 1 nitrogen and oxygen atoms in total. The lowest BCUT2D eigenvalue weighted by Crippen LogP contribution is -2.03. The molecule has 1 heterocycles. The first kappa shape index (κ1) is 9.19. The molecule has 0 aliphatic heterocycles. The summed E-state index contributed by atoms with van der Waals surface area (Å²) in [5.41, 5.74) is 1.38. The molecule has 0 spiro atoms. The number of fused-ring (bicyclic) bond motifs is 1. The number of thiophene rings is 1. The molecule has 1 aromatic carbocycles. The second kappa shape index (κ2) is 3.78. The molecule has 0 atom stereocenters. The van der Waals surface area contributed by atoms with Crippen molar-refractivity contribution in [3.05, 3.63) is 33.6 Å². The summed E-state index contributed by atoms with van der Waals surface area (Å²) in [7, 11) is 1.97. The highest BCUT2D eigenvalue weighted by Gasteiger charge is 2.02. The van der Waals surface area contributed by atoms with Gasteiger partial charge in [-0.05, 0) is 41.6 Å². The monoisotopic (exact) mass is 255 g/mol. The van der Waals surface area contributed by atoms with Gasteiger partial charge >= 0.3 is 0 Å². The lowest BCUT2D eigenvalue weighted by atomic mass is 10.2. The zero-order chi connectivity index (χ0) is 9.26. The van der Waals surface area contributed by atoms with Crippen molar-refractivity contribution in [3.63, 3.8) is 0 Å². The van der Waals surface area contributed by atoms with Gasteiger partial charge in [-0.25, -0.2) is 0 Å². The van der Waals surface area contributed by atoms with Crippen LogP contribution in [0, 0.1) is 0 Å². The van der Waals surface area contributed by atoms with E-state index in [2.05, 4.69) is 44.8 Å². The SMILES string of the molecule is CNCc1csc2ccc(Br)cc12. The van der Waals surface area contributed by atoms with E-state index in [1.165, 1.54) is 15.6 Å². The summed E-state index contributed by atoms with van der Waals surface area (Å²) in [6.45, 7) is 0.941. The number of hydrogen-bond acceptors (Lipinski definition) is 2. The average Bonchev–Trinajstić information content (AvgIpc) is 2.49. The first-order valence-corrected chi connectivity index (χ1v) is 5.79. The summed E-state index contributed by atoms with van der Waals surface area (Å²) in [5.74, 6) is 0. The summed E-state index contributed by atoms with van der Waals surface area (Å²) in [6.07, 6.45) is 0. The molecular formula is C10H10BrNS. The van der Waals surface area contributed by atoms with Crippen molar-refractivity contribution < 1.29 is 0 Å². The molecule has 0 amide bonds. The minimum absolute atomic E-state index is 0.941. The molecule has 0 bridgehead atoms. The fraction of sp³-hybridized carbons (Fsp3) is 0.200. The van der Waals surface area contributed by atoms with Crippen LogP contribution in [0.4, 0.5) is 0 Å². The number of nitrogens with one attached hydrogen (secondary N) is 1. The van der Waals surface area contributed by atoms with E-state index in [0.29, 0.717) is 0 Å². The van der Waals surface area contributed by atoms with Gasteiger partial charge in [0.2, 0.25) is 0 Å². The minimum Gasteiger partial charge on any atom is -0.316 e. The smallest absolute Gasteiger partial charge is 0.0346 e. The molecule has 0 saturated heterocycles. The molecule has 0 unspecified atom stereocenters. The molecule has 0 aliphatic carbocycles. The predicted octanol–water partition coefficient (Wildman–Crippen LogP) is 3.38. The van der Waals surface area contributed by atoms with Gasteiger partial charge in [0.05, 0.1) is 0 Å². The first-order chi connectivity index (χ1) is 6.31. The Morgan fingerprint density at radius 2 is 2.31 bits per heavy atom. The standard InChI is InChI=1S/C10H10BrNS/c1-12-5-7-6-13-10-3-2-8(11)4-9(7)10/h2-4,6,12H,5H2,1H3.